The fourth-order valence-corrected chi connectivity index (χ4v) is 2.03. The number of hydrogen-bond acceptors (Lipinski definition) is 4. The summed E-state index contributed by atoms with van der Waals surface area (Å²) >= 11 is 0. The lowest BCUT2D eigenvalue weighted by molar-refractivity contribution is -0.144. The van der Waals surface area contributed by atoms with E-state index >= 15 is 0 Å². The number of aliphatic carboxylic acids is 1. The van der Waals surface area contributed by atoms with Crippen LogP contribution in [0, 0.1) is 0 Å². The number of rotatable bonds is 4. The summed E-state index contributed by atoms with van der Waals surface area (Å²) in [6.45, 7) is 1.69. The number of carbonyl (C=O) groups is 3. The molecule has 0 radical (unpaired) electrons. The van der Waals surface area contributed by atoms with E-state index < -0.39 is 17.4 Å². The Labute approximate surface area is 115 Å². The molecule has 1 aromatic carbocycles. The van der Waals surface area contributed by atoms with Crippen LogP contribution in [-0.2, 0) is 9.53 Å². The molecule has 6 heteroatoms. The third-order valence-corrected chi connectivity index (χ3v) is 3.34. The van der Waals surface area contributed by atoms with Gasteiger partial charge in [-0.25, -0.2) is 4.79 Å². The Morgan fingerprint density at radius 2 is 1.80 bits per heavy atom. The number of ether oxygens (including phenoxy) is 1. The molecule has 1 saturated heterocycles. The summed E-state index contributed by atoms with van der Waals surface area (Å²) in [5.74, 6) is -1.69. The summed E-state index contributed by atoms with van der Waals surface area (Å²) in [6.07, 6.45) is 0.236. The maximum Gasteiger partial charge on any atom is 0.331 e. The Morgan fingerprint density at radius 3 is 2.25 bits per heavy atom. The monoisotopic (exact) mass is 277 g/mol. The second kappa shape index (κ2) is 5.42. The predicted molar refractivity (Wildman–Crippen MR) is 69.7 cm³/mol. The zero-order valence-electron chi connectivity index (χ0n) is 11.0. The van der Waals surface area contributed by atoms with Crippen molar-refractivity contribution in [2.45, 2.75) is 18.9 Å². The topological polar surface area (TPSA) is 92.7 Å². The van der Waals surface area contributed by atoms with Crippen LogP contribution < -0.4 is 5.32 Å². The first kappa shape index (κ1) is 14.2. The molecular weight excluding hydrogens is 262 g/mol. The zero-order valence-corrected chi connectivity index (χ0v) is 11.0. The van der Waals surface area contributed by atoms with E-state index in [-0.39, 0.29) is 18.8 Å². The third-order valence-electron chi connectivity index (χ3n) is 3.34. The minimum Gasteiger partial charge on any atom is -0.479 e. The fraction of sp³-hybridized carbons (Fsp3) is 0.357. The van der Waals surface area contributed by atoms with Gasteiger partial charge in [-0.1, -0.05) is 12.1 Å². The molecule has 1 unspecified atom stereocenters. The van der Waals surface area contributed by atoms with E-state index in [1.807, 2.05) is 0 Å². The number of benzene rings is 1. The highest BCUT2D eigenvalue weighted by Crippen LogP contribution is 2.20. The smallest absolute Gasteiger partial charge is 0.331 e. The average Bonchev–Trinajstić information content (AvgIpc) is 2.88. The van der Waals surface area contributed by atoms with E-state index in [0.717, 1.165) is 0 Å². The Morgan fingerprint density at radius 1 is 1.20 bits per heavy atom. The molecular formula is C14H15NO5. The maximum absolute atomic E-state index is 12.1. The van der Waals surface area contributed by atoms with Crippen molar-refractivity contribution < 1.29 is 24.2 Å². The van der Waals surface area contributed by atoms with Gasteiger partial charge >= 0.3 is 5.97 Å². The number of carboxylic acid groups (broad SMARTS) is 1. The van der Waals surface area contributed by atoms with Crippen LogP contribution in [0.1, 0.15) is 34.1 Å². The molecule has 1 heterocycles. The predicted octanol–water partition coefficient (Wildman–Crippen LogP) is 0.863. The van der Waals surface area contributed by atoms with Gasteiger partial charge in [0, 0.05) is 24.2 Å². The van der Waals surface area contributed by atoms with Gasteiger partial charge in [0.05, 0.1) is 6.61 Å². The number of ketones is 1. The molecule has 1 atom stereocenters. The molecule has 106 valence electrons. The van der Waals surface area contributed by atoms with Crippen molar-refractivity contribution in [3.8, 4) is 0 Å². The molecule has 1 fully saturated rings. The van der Waals surface area contributed by atoms with E-state index in [0.29, 0.717) is 17.7 Å². The highest BCUT2D eigenvalue weighted by atomic mass is 16.5. The van der Waals surface area contributed by atoms with Crippen LogP contribution in [0.2, 0.25) is 0 Å². The van der Waals surface area contributed by atoms with Crippen LogP contribution in [0.15, 0.2) is 24.3 Å². The minimum absolute atomic E-state index is 0.0421. The summed E-state index contributed by atoms with van der Waals surface area (Å²) in [6, 6.07) is 6.07. The first-order valence-corrected chi connectivity index (χ1v) is 6.19. The van der Waals surface area contributed by atoms with Gasteiger partial charge in [0.2, 0.25) is 0 Å². The third kappa shape index (κ3) is 2.70. The molecule has 20 heavy (non-hydrogen) atoms. The van der Waals surface area contributed by atoms with Gasteiger partial charge in [0.1, 0.15) is 0 Å². The summed E-state index contributed by atoms with van der Waals surface area (Å²) in [7, 11) is 0. The quantitative estimate of drug-likeness (QED) is 0.796. The van der Waals surface area contributed by atoms with Crippen molar-refractivity contribution in [1.82, 2.24) is 5.32 Å². The minimum atomic E-state index is -1.36. The Bertz CT molecular complexity index is 543. The van der Waals surface area contributed by atoms with Gasteiger partial charge < -0.3 is 15.2 Å². The zero-order chi connectivity index (χ0) is 14.8. The van der Waals surface area contributed by atoms with Gasteiger partial charge in [0.25, 0.3) is 5.91 Å². The van der Waals surface area contributed by atoms with Gasteiger partial charge in [0.15, 0.2) is 11.3 Å². The highest BCUT2D eigenvalue weighted by Gasteiger charge is 2.44. The number of nitrogens with one attached hydrogen (secondary N) is 1. The average molecular weight is 277 g/mol. The van der Waals surface area contributed by atoms with E-state index in [1.54, 1.807) is 0 Å². The molecule has 0 bridgehead atoms. The standard InChI is InChI=1S/C14H15NO5/c1-9(16)10-2-4-11(5-3-10)12(17)15-14(13(18)19)6-7-20-8-14/h2-5H,6-8H2,1H3,(H,15,17)(H,18,19). The molecule has 0 spiro atoms. The van der Waals surface area contributed by atoms with Gasteiger partial charge in [-0.05, 0) is 19.1 Å². The van der Waals surface area contributed by atoms with Crippen molar-refractivity contribution in [2.75, 3.05) is 13.2 Å². The lowest BCUT2D eigenvalue weighted by Crippen LogP contribution is -2.55. The van der Waals surface area contributed by atoms with E-state index in [2.05, 4.69) is 5.32 Å². The first-order valence-electron chi connectivity index (χ1n) is 6.19. The SMILES string of the molecule is CC(=O)c1ccc(C(=O)NC2(C(=O)O)CCOC2)cc1. The molecule has 0 aliphatic carbocycles. The summed E-state index contributed by atoms with van der Waals surface area (Å²) in [5.41, 5.74) is -0.558. The van der Waals surface area contributed by atoms with Gasteiger partial charge in [-0.3, -0.25) is 9.59 Å². The molecule has 1 aliphatic heterocycles. The van der Waals surface area contributed by atoms with Gasteiger partial charge in [-0.15, -0.1) is 0 Å². The Kier molecular flexibility index (Phi) is 3.85. The molecule has 0 aromatic heterocycles. The van der Waals surface area contributed by atoms with Crippen molar-refractivity contribution >= 4 is 17.7 Å². The fourth-order valence-electron chi connectivity index (χ4n) is 2.03. The van der Waals surface area contributed by atoms with E-state index in [4.69, 9.17) is 4.74 Å². The lowest BCUT2D eigenvalue weighted by atomic mass is 9.98. The summed E-state index contributed by atoms with van der Waals surface area (Å²) in [4.78, 5) is 34.5. The molecule has 2 N–H and O–H groups in total. The van der Waals surface area contributed by atoms with Crippen LogP contribution in [-0.4, -0.2) is 41.5 Å². The molecule has 1 amide bonds. The number of hydrogen-bond donors (Lipinski definition) is 2. The normalized spacial score (nSPS) is 21.4. The number of carboxylic acids is 1. The second-order valence-corrected chi connectivity index (χ2v) is 4.78. The number of Topliss-reactive ketones (excluding diaryl/α,β-unsaturated/α-hetero) is 1. The molecule has 2 rings (SSSR count). The van der Waals surface area contributed by atoms with Crippen LogP contribution in [0.5, 0.6) is 0 Å². The summed E-state index contributed by atoms with van der Waals surface area (Å²) < 4.78 is 5.07. The molecule has 1 aromatic rings. The lowest BCUT2D eigenvalue weighted by Gasteiger charge is -2.23. The Balaban J connectivity index is 2.15. The molecule has 0 saturated carbocycles. The van der Waals surface area contributed by atoms with Crippen molar-refractivity contribution in [3.63, 3.8) is 0 Å². The number of amides is 1. The van der Waals surface area contributed by atoms with Crippen LogP contribution in [0.4, 0.5) is 0 Å². The Hall–Kier alpha value is -2.21. The van der Waals surface area contributed by atoms with Gasteiger partial charge in [-0.2, -0.15) is 0 Å². The largest absolute Gasteiger partial charge is 0.479 e. The van der Waals surface area contributed by atoms with Crippen molar-refractivity contribution in [3.05, 3.63) is 35.4 Å². The number of carbonyl (C=O) groups excluding carboxylic acids is 2. The maximum atomic E-state index is 12.1. The summed E-state index contributed by atoms with van der Waals surface area (Å²) in [5, 5.41) is 11.7. The molecule has 1 aliphatic rings. The van der Waals surface area contributed by atoms with Crippen LogP contribution >= 0.6 is 0 Å². The van der Waals surface area contributed by atoms with Crippen LogP contribution in [0.25, 0.3) is 0 Å². The molecule has 6 nitrogen and oxygen atoms in total. The second-order valence-electron chi connectivity index (χ2n) is 4.78. The van der Waals surface area contributed by atoms with Crippen LogP contribution in [0.3, 0.4) is 0 Å². The van der Waals surface area contributed by atoms with E-state index in [9.17, 15) is 19.5 Å². The first-order chi connectivity index (χ1) is 9.44. The van der Waals surface area contributed by atoms with Crippen molar-refractivity contribution in [2.24, 2.45) is 0 Å². The van der Waals surface area contributed by atoms with Crippen molar-refractivity contribution in [1.29, 1.82) is 0 Å². The van der Waals surface area contributed by atoms with E-state index in [1.165, 1.54) is 31.2 Å². The highest BCUT2D eigenvalue weighted by molar-refractivity contribution is 5.99.